The van der Waals surface area contributed by atoms with Gasteiger partial charge in [0.15, 0.2) is 5.79 Å². The number of nitro benzene ring substituents is 1. The number of rotatable bonds is 4. The summed E-state index contributed by atoms with van der Waals surface area (Å²) in [6.45, 7) is 4.59. The van der Waals surface area contributed by atoms with Crippen molar-refractivity contribution in [2.24, 2.45) is 0 Å². The lowest BCUT2D eigenvalue weighted by Gasteiger charge is -2.23. The molecule has 2 atom stereocenters. The molecule has 1 aromatic rings. The van der Waals surface area contributed by atoms with E-state index in [1.165, 1.54) is 6.92 Å². The lowest BCUT2D eigenvalue weighted by Crippen LogP contribution is -2.47. The molecule has 1 aliphatic heterocycles. The number of non-ortho nitro benzene ring substituents is 1. The second-order valence-electron chi connectivity index (χ2n) is 6.40. The van der Waals surface area contributed by atoms with Crippen LogP contribution in [0, 0.1) is 17.0 Å². The van der Waals surface area contributed by atoms with Crippen molar-refractivity contribution >= 4 is 17.6 Å². The summed E-state index contributed by atoms with van der Waals surface area (Å²) >= 11 is 0. The molecule has 1 fully saturated rings. The first-order valence-electron chi connectivity index (χ1n) is 7.81. The fraction of sp³-hybridized carbons (Fsp3) is 0.500. The maximum atomic E-state index is 12.6. The van der Waals surface area contributed by atoms with Crippen molar-refractivity contribution in [3.05, 3.63) is 38.9 Å². The van der Waals surface area contributed by atoms with Crippen LogP contribution in [0.25, 0.3) is 0 Å². The largest absolute Gasteiger partial charge is 0.478 e. The van der Waals surface area contributed by atoms with E-state index in [0.29, 0.717) is 0 Å². The van der Waals surface area contributed by atoms with Gasteiger partial charge in [-0.25, -0.2) is 4.79 Å². The molecule has 0 saturated carbocycles. The smallest absolute Gasteiger partial charge is 0.336 e. The molecule has 0 bridgehead atoms. The van der Waals surface area contributed by atoms with Crippen molar-refractivity contribution in [1.82, 2.24) is 5.32 Å². The number of hydrogen-bond acceptors (Lipinski definition) is 7. The van der Waals surface area contributed by atoms with Gasteiger partial charge in [-0.2, -0.15) is 0 Å². The Hall–Kier alpha value is -2.56. The van der Waals surface area contributed by atoms with Crippen LogP contribution in [0.4, 0.5) is 5.69 Å². The summed E-state index contributed by atoms with van der Waals surface area (Å²) in [5, 5.41) is 32.9. The topological polar surface area (TPSA) is 148 Å². The van der Waals surface area contributed by atoms with Gasteiger partial charge in [0.1, 0.15) is 0 Å². The zero-order chi connectivity index (χ0) is 19.6. The van der Waals surface area contributed by atoms with Gasteiger partial charge < -0.3 is 25.0 Å². The van der Waals surface area contributed by atoms with E-state index in [1.54, 1.807) is 13.8 Å². The Balaban J connectivity index is 2.31. The second-order valence-corrected chi connectivity index (χ2v) is 6.40. The summed E-state index contributed by atoms with van der Waals surface area (Å²) in [5.41, 5.74) is -0.929. The Morgan fingerprint density at radius 2 is 1.85 bits per heavy atom. The third kappa shape index (κ3) is 4.34. The Kier molecular flexibility index (Phi) is 5.59. The van der Waals surface area contributed by atoms with Crippen molar-refractivity contribution in [3.8, 4) is 0 Å². The van der Waals surface area contributed by atoms with E-state index in [-0.39, 0.29) is 29.9 Å². The molecule has 0 unspecified atom stereocenters. The third-order valence-corrected chi connectivity index (χ3v) is 4.07. The molecule has 10 heteroatoms. The van der Waals surface area contributed by atoms with Gasteiger partial charge in [0.2, 0.25) is 0 Å². The summed E-state index contributed by atoms with van der Waals surface area (Å²) in [7, 11) is 0. The van der Waals surface area contributed by atoms with Crippen molar-refractivity contribution in [2.75, 3.05) is 13.2 Å². The first-order valence-corrected chi connectivity index (χ1v) is 7.81. The van der Waals surface area contributed by atoms with Gasteiger partial charge in [-0.05, 0) is 26.3 Å². The Morgan fingerprint density at radius 3 is 2.42 bits per heavy atom. The minimum Gasteiger partial charge on any atom is -0.478 e. The van der Waals surface area contributed by atoms with Crippen LogP contribution in [0.15, 0.2) is 12.1 Å². The van der Waals surface area contributed by atoms with Crippen LogP contribution in [0.2, 0.25) is 0 Å². The Morgan fingerprint density at radius 1 is 1.27 bits per heavy atom. The maximum absolute atomic E-state index is 12.6. The molecule has 0 aromatic heterocycles. The van der Waals surface area contributed by atoms with Crippen LogP contribution >= 0.6 is 0 Å². The van der Waals surface area contributed by atoms with Crippen LogP contribution < -0.4 is 5.32 Å². The predicted octanol–water partition coefficient (Wildman–Crippen LogP) is 0.844. The van der Waals surface area contributed by atoms with E-state index in [2.05, 4.69) is 5.32 Å². The number of nitrogens with one attached hydrogen (secondary N) is 1. The fourth-order valence-electron chi connectivity index (χ4n) is 2.49. The van der Waals surface area contributed by atoms with Gasteiger partial charge >= 0.3 is 5.97 Å². The number of hydrogen-bond donors (Lipinski definition) is 3. The quantitative estimate of drug-likeness (QED) is 0.523. The molecule has 1 aliphatic rings. The van der Waals surface area contributed by atoms with Crippen LogP contribution in [0.5, 0.6) is 0 Å². The van der Waals surface area contributed by atoms with Crippen LogP contribution in [-0.4, -0.2) is 58.2 Å². The second kappa shape index (κ2) is 7.36. The molecule has 1 amide bonds. The third-order valence-electron chi connectivity index (χ3n) is 4.07. The zero-order valence-electron chi connectivity index (χ0n) is 14.5. The average molecular weight is 368 g/mol. The summed E-state index contributed by atoms with van der Waals surface area (Å²) < 4.78 is 10.8. The highest BCUT2D eigenvalue weighted by Gasteiger charge is 2.33. The molecule has 1 aromatic carbocycles. The normalized spacial score (nSPS) is 22.3. The highest BCUT2D eigenvalue weighted by Crippen LogP contribution is 2.23. The highest BCUT2D eigenvalue weighted by molar-refractivity contribution is 6.01. The first-order chi connectivity index (χ1) is 12.0. The SMILES string of the molecule is Cc1c(C(=O)O)cc([N+](=O)[O-])cc1C(=O)N[C@@H]1COC(C)(C)OC[C@H]1O. The Bertz CT molecular complexity index is 746. The number of benzene rings is 1. The standard InChI is InChI=1S/C16H20N2O8/c1-8-10(4-9(18(23)24)5-11(8)15(21)22)14(20)17-12-6-25-16(2,3)26-7-13(12)19/h4-5,12-13,19H,6-7H2,1-3H3,(H,17,20)(H,21,22)/t12-,13-/m1/s1. The van der Waals surface area contributed by atoms with E-state index in [1.807, 2.05) is 0 Å². The van der Waals surface area contributed by atoms with Crippen molar-refractivity contribution in [2.45, 2.75) is 38.7 Å². The number of carboxylic acid groups (broad SMARTS) is 1. The molecule has 26 heavy (non-hydrogen) atoms. The van der Waals surface area contributed by atoms with Crippen LogP contribution in [-0.2, 0) is 9.47 Å². The van der Waals surface area contributed by atoms with Gasteiger partial charge in [0, 0.05) is 17.7 Å². The number of aliphatic hydroxyl groups is 1. The van der Waals surface area contributed by atoms with Gasteiger partial charge in [-0.3, -0.25) is 14.9 Å². The lowest BCUT2D eigenvalue weighted by molar-refractivity contribution is -0.384. The Labute approximate surface area is 148 Å². The van der Waals surface area contributed by atoms with E-state index in [0.717, 1.165) is 12.1 Å². The van der Waals surface area contributed by atoms with E-state index in [4.69, 9.17) is 9.47 Å². The highest BCUT2D eigenvalue weighted by atomic mass is 16.7. The minimum absolute atomic E-state index is 0.0420. The number of ether oxygens (including phenoxy) is 2. The molecule has 0 radical (unpaired) electrons. The lowest BCUT2D eigenvalue weighted by atomic mass is 10.00. The number of nitrogens with zero attached hydrogens (tertiary/aromatic N) is 1. The van der Waals surface area contributed by atoms with Crippen LogP contribution in [0.3, 0.4) is 0 Å². The molecule has 1 saturated heterocycles. The van der Waals surface area contributed by atoms with Crippen molar-refractivity contribution in [3.63, 3.8) is 0 Å². The number of aromatic carboxylic acids is 1. The number of amides is 1. The zero-order valence-corrected chi connectivity index (χ0v) is 14.5. The summed E-state index contributed by atoms with van der Waals surface area (Å²) in [4.78, 5) is 34.1. The van der Waals surface area contributed by atoms with Crippen LogP contribution in [0.1, 0.15) is 40.1 Å². The monoisotopic (exact) mass is 368 g/mol. The molecule has 10 nitrogen and oxygen atoms in total. The summed E-state index contributed by atoms with van der Waals surface area (Å²) in [6.07, 6.45) is -1.06. The van der Waals surface area contributed by atoms with E-state index in [9.17, 15) is 29.9 Å². The summed E-state index contributed by atoms with van der Waals surface area (Å²) in [6, 6.07) is 1.08. The minimum atomic E-state index is -1.38. The average Bonchev–Trinajstić information content (AvgIpc) is 2.67. The van der Waals surface area contributed by atoms with Gasteiger partial charge in [0.05, 0.1) is 35.8 Å². The number of carbonyl (C=O) groups excluding carboxylic acids is 1. The van der Waals surface area contributed by atoms with Gasteiger partial charge in [0.25, 0.3) is 11.6 Å². The molecule has 3 N–H and O–H groups in total. The molecule has 2 rings (SSSR count). The molecule has 142 valence electrons. The molecular weight excluding hydrogens is 348 g/mol. The molecular formula is C16H20N2O8. The van der Waals surface area contributed by atoms with E-state index >= 15 is 0 Å². The number of carbonyl (C=O) groups is 2. The predicted molar refractivity (Wildman–Crippen MR) is 88.0 cm³/mol. The van der Waals surface area contributed by atoms with Crippen molar-refractivity contribution in [1.29, 1.82) is 0 Å². The molecule has 0 spiro atoms. The number of aliphatic hydroxyl groups excluding tert-OH is 1. The number of carboxylic acids is 1. The molecule has 1 heterocycles. The van der Waals surface area contributed by atoms with Crippen molar-refractivity contribution < 1.29 is 34.2 Å². The van der Waals surface area contributed by atoms with Gasteiger partial charge in [-0.15, -0.1) is 0 Å². The summed E-state index contributed by atoms with van der Waals surface area (Å²) in [5.74, 6) is -3.06. The van der Waals surface area contributed by atoms with Gasteiger partial charge in [-0.1, -0.05) is 0 Å². The fourth-order valence-corrected chi connectivity index (χ4v) is 2.49. The van der Waals surface area contributed by atoms with E-state index < -0.39 is 40.4 Å². The first kappa shape index (κ1) is 19.8. The number of nitro groups is 1. The maximum Gasteiger partial charge on any atom is 0.336 e. The molecule has 0 aliphatic carbocycles.